The van der Waals surface area contributed by atoms with Crippen LogP contribution in [0.4, 0.5) is 51.2 Å². The van der Waals surface area contributed by atoms with E-state index < -0.39 is 10.8 Å². The molecule has 23 aromatic carbocycles. The van der Waals surface area contributed by atoms with Crippen molar-refractivity contribution in [2.75, 3.05) is 14.7 Å². The van der Waals surface area contributed by atoms with Crippen LogP contribution < -0.4 is 14.7 Å². The lowest BCUT2D eigenvalue weighted by atomic mass is 9.70. The van der Waals surface area contributed by atoms with E-state index in [1.807, 2.05) is 0 Å². The number of rotatable bonds is 12. The van der Waals surface area contributed by atoms with Crippen LogP contribution >= 0.6 is 0 Å². The summed E-state index contributed by atoms with van der Waals surface area (Å²) in [4.78, 5) is 7.45. The SMILES string of the molecule is CC1(C)c2ccccc2-c2ccc(N(c3ccc(-c4ccccc4)cc3)c3cccc4c3-c3ccccc3C43c4ccccc4-c4ccccc43)cc21.CC1(C)c2ccccc2-c2ccc(N(c3ccccc3)c3cccc4c3-c3ccccc3C43c4ccccc4-c4ccccc43)cc21.c1ccc(-c2ccc(N(c3ccc(-c4ccccc4)cc3)c3cccc4c3-c3ccccc3C43c4ccccc4-c4ccccc43)cc2)cc1. The minimum absolute atomic E-state index is 0.0865. The van der Waals surface area contributed by atoms with Crippen molar-refractivity contribution in [3.8, 4) is 122 Å². The average molecular weight is 1910 g/mol. The van der Waals surface area contributed by atoms with Crippen LogP contribution in [-0.4, -0.2) is 0 Å². The zero-order valence-corrected chi connectivity index (χ0v) is 83.9. The predicted molar refractivity (Wildman–Crippen MR) is 624 cm³/mol. The fraction of sp³-hybridized carbons (Fsp3) is 0.0612. The van der Waals surface area contributed by atoms with E-state index in [1.165, 1.54) is 234 Å². The van der Waals surface area contributed by atoms with Gasteiger partial charge in [0.2, 0.25) is 0 Å². The Morgan fingerprint density at radius 3 is 0.553 bits per heavy atom. The minimum Gasteiger partial charge on any atom is -0.310 e. The van der Waals surface area contributed by atoms with Gasteiger partial charge in [-0.15, -0.1) is 0 Å². The summed E-state index contributed by atoms with van der Waals surface area (Å²) >= 11 is 0. The van der Waals surface area contributed by atoms with Crippen LogP contribution in [0, 0.1) is 0 Å². The molecule has 23 aromatic rings. The maximum Gasteiger partial charge on any atom is 0.0726 e. The summed E-state index contributed by atoms with van der Waals surface area (Å²) in [5.74, 6) is 0. The lowest BCUT2D eigenvalue weighted by Gasteiger charge is -2.32. The second-order valence-electron chi connectivity index (χ2n) is 42.1. The number of hydrogen-bond acceptors (Lipinski definition) is 3. The summed E-state index contributed by atoms with van der Waals surface area (Å²) < 4.78 is 0. The maximum atomic E-state index is 2.51. The van der Waals surface area contributed by atoms with Gasteiger partial charge >= 0.3 is 0 Å². The molecule has 0 N–H and O–H groups in total. The normalized spacial score (nSPS) is 14.1. The van der Waals surface area contributed by atoms with Gasteiger partial charge in [0.1, 0.15) is 0 Å². The Labute approximate surface area is 877 Å². The van der Waals surface area contributed by atoms with E-state index in [0.29, 0.717) is 0 Å². The molecule has 8 aliphatic rings. The van der Waals surface area contributed by atoms with E-state index in [2.05, 4.69) is 594 Å². The first-order chi connectivity index (χ1) is 74.0. The second-order valence-corrected chi connectivity index (χ2v) is 42.1. The molecule has 8 aliphatic carbocycles. The standard InChI is InChI=1S/C52H37N.C49H33N.C46H33N/c1-51(2)43-21-10-6-17-38(43)41-32-31-37(33-48(41)51)53(36-29-27-35(28-30-36)34-15-4-3-5-16-34)49-26-14-25-47-50(49)42-20-9-13-24-46(42)52(47)44-22-11-7-18-39(44)40-19-8-12-23-45(40)52;1-3-14-34(15-4-1)36-26-30-38(31-27-36)50(39-32-28-37(29-33-39)35-16-5-2-6-17-35)47-25-13-24-46-48(47)42-20-9-12-23-45(42)49(46)43-21-10-7-18-40(43)41-19-8-11-22-44(41)49;1-45(2)37-21-10-6-17-32(37)35-28-27-31(29-42(35)45)47(30-15-4-3-5-16-30)43-26-14-25-41-44(43)36-20-9-13-24-40(36)46(41)38-22-11-7-18-33(38)34-19-8-12-23-39(34)46/h3-33H,1-2H3;1-33H;3-29H,1-2H3. The highest BCUT2D eigenvalue weighted by Gasteiger charge is 2.57. The Morgan fingerprint density at radius 1 is 0.120 bits per heavy atom. The van der Waals surface area contributed by atoms with E-state index in [0.717, 1.165) is 28.4 Å². The van der Waals surface area contributed by atoms with Gasteiger partial charge in [-0.3, -0.25) is 0 Å². The first-order valence-corrected chi connectivity index (χ1v) is 52.7. The molecular formula is C147H103N3. The van der Waals surface area contributed by atoms with Gasteiger partial charge in [0.15, 0.2) is 0 Å². The van der Waals surface area contributed by atoms with Gasteiger partial charge in [0, 0.05) is 61.6 Å². The molecule has 0 fully saturated rings. The van der Waals surface area contributed by atoms with E-state index >= 15 is 0 Å². The van der Waals surface area contributed by atoms with Crippen molar-refractivity contribution in [3.05, 3.63) is 641 Å². The molecule has 0 unspecified atom stereocenters. The van der Waals surface area contributed by atoms with Gasteiger partial charge < -0.3 is 14.7 Å². The molecule has 0 aromatic heterocycles. The van der Waals surface area contributed by atoms with E-state index in [-0.39, 0.29) is 16.2 Å². The Morgan fingerprint density at radius 2 is 0.293 bits per heavy atom. The smallest absolute Gasteiger partial charge is 0.0726 e. The van der Waals surface area contributed by atoms with Gasteiger partial charge in [-0.2, -0.15) is 0 Å². The van der Waals surface area contributed by atoms with Crippen molar-refractivity contribution in [3.63, 3.8) is 0 Å². The molecule has 150 heavy (non-hydrogen) atoms. The van der Waals surface area contributed by atoms with Crippen molar-refractivity contribution in [2.45, 2.75) is 54.8 Å². The van der Waals surface area contributed by atoms with Gasteiger partial charge in [-0.05, 0) is 286 Å². The third-order valence-electron chi connectivity index (χ3n) is 34.1. The number of benzene rings is 23. The van der Waals surface area contributed by atoms with Crippen LogP contribution in [-0.2, 0) is 27.1 Å². The average Bonchev–Trinajstić information content (AvgIpc) is 1.51. The maximum absolute atomic E-state index is 2.51. The summed E-state index contributed by atoms with van der Waals surface area (Å²) in [6.07, 6.45) is 0. The van der Waals surface area contributed by atoms with Crippen molar-refractivity contribution < 1.29 is 0 Å². The van der Waals surface area contributed by atoms with Gasteiger partial charge in [-0.1, -0.05) is 489 Å². The van der Waals surface area contributed by atoms with Crippen LogP contribution in [0.2, 0.25) is 0 Å². The molecule has 0 atom stereocenters. The molecule has 0 saturated carbocycles. The van der Waals surface area contributed by atoms with E-state index in [1.54, 1.807) is 0 Å². The lowest BCUT2D eigenvalue weighted by Crippen LogP contribution is -2.26. The highest BCUT2D eigenvalue weighted by molar-refractivity contribution is 6.07. The molecule has 706 valence electrons. The summed E-state index contributed by atoms with van der Waals surface area (Å²) in [6, 6.07) is 204. The van der Waals surface area contributed by atoms with Crippen molar-refractivity contribution in [1.82, 2.24) is 0 Å². The Kier molecular flexibility index (Phi) is 20.1. The van der Waals surface area contributed by atoms with Crippen LogP contribution in [0.3, 0.4) is 0 Å². The molecule has 3 heteroatoms. The number of hydrogen-bond donors (Lipinski definition) is 0. The largest absolute Gasteiger partial charge is 0.310 e. The molecule has 3 nitrogen and oxygen atoms in total. The molecule has 3 spiro atoms. The van der Waals surface area contributed by atoms with Gasteiger partial charge in [-0.25, -0.2) is 0 Å². The molecule has 31 rings (SSSR count). The summed E-state index contributed by atoms with van der Waals surface area (Å²) in [5.41, 5.74) is 59.2. The van der Waals surface area contributed by atoms with Crippen molar-refractivity contribution >= 4 is 51.2 Å². The highest BCUT2D eigenvalue weighted by atomic mass is 15.2. The first-order valence-electron chi connectivity index (χ1n) is 52.7. The Hall–Kier alpha value is -18.5. The summed E-state index contributed by atoms with van der Waals surface area (Å²) in [7, 11) is 0. The number of para-hydroxylation sites is 1. The molecular weight excluding hydrogens is 1810 g/mol. The number of nitrogens with zero attached hydrogens (tertiary/aromatic N) is 3. The third-order valence-corrected chi connectivity index (χ3v) is 34.1. The van der Waals surface area contributed by atoms with Crippen LogP contribution in [0.5, 0.6) is 0 Å². The highest BCUT2D eigenvalue weighted by Crippen LogP contribution is 2.70. The fourth-order valence-electron chi connectivity index (χ4n) is 27.8. The van der Waals surface area contributed by atoms with Gasteiger partial charge in [0.05, 0.1) is 33.3 Å². The molecule has 0 saturated heterocycles. The van der Waals surface area contributed by atoms with E-state index in [9.17, 15) is 0 Å². The topological polar surface area (TPSA) is 9.72 Å². The zero-order chi connectivity index (χ0) is 99.7. The van der Waals surface area contributed by atoms with Crippen LogP contribution in [0.15, 0.2) is 552 Å². The predicted octanol–water partition coefficient (Wildman–Crippen LogP) is 38.1. The first kappa shape index (κ1) is 88.0. The molecule has 0 heterocycles. The minimum atomic E-state index is -0.403. The monoisotopic (exact) mass is 1910 g/mol. The molecule has 0 bridgehead atoms. The molecule has 0 aliphatic heterocycles. The Bertz CT molecular complexity index is 9160. The Balaban J connectivity index is 0.000000106. The van der Waals surface area contributed by atoms with Crippen molar-refractivity contribution in [2.24, 2.45) is 0 Å². The fourth-order valence-corrected chi connectivity index (χ4v) is 27.8. The summed E-state index contributed by atoms with van der Waals surface area (Å²) in [5, 5.41) is 0. The third kappa shape index (κ3) is 12.8. The second kappa shape index (κ2) is 34.3. The summed E-state index contributed by atoms with van der Waals surface area (Å²) in [6.45, 7) is 9.47. The van der Waals surface area contributed by atoms with Crippen LogP contribution in [0.1, 0.15) is 117 Å². The van der Waals surface area contributed by atoms with E-state index in [4.69, 9.17) is 0 Å². The van der Waals surface area contributed by atoms with Crippen LogP contribution in [0.25, 0.3) is 122 Å². The van der Waals surface area contributed by atoms with Gasteiger partial charge in [0.25, 0.3) is 0 Å². The van der Waals surface area contributed by atoms with Crippen molar-refractivity contribution in [1.29, 1.82) is 0 Å². The molecule has 0 amide bonds. The number of anilines is 9. The molecule has 0 radical (unpaired) electrons. The quantitative estimate of drug-likeness (QED) is 0.121. The lowest BCUT2D eigenvalue weighted by molar-refractivity contribution is 0.660. The number of fused-ring (bicyclic) bond motifs is 36. The zero-order valence-electron chi connectivity index (χ0n) is 83.9.